The number of halogens is 4. The number of anilines is 1. The molecule has 0 aliphatic heterocycles. The molecule has 3 rings (SSSR count). The molecule has 0 spiro atoms. The molecule has 0 atom stereocenters. The van der Waals surface area contributed by atoms with Gasteiger partial charge in [0.05, 0.1) is 7.11 Å². The summed E-state index contributed by atoms with van der Waals surface area (Å²) < 4.78 is 60.3. The number of benzene rings is 2. The second-order valence-corrected chi connectivity index (χ2v) is 8.60. The summed E-state index contributed by atoms with van der Waals surface area (Å²) in [5, 5.41) is 15.6. The first kappa shape index (κ1) is 28.9. The SMILES string of the molecule is COc1cc(F)cc(N/C(C)=N/C(=C(\C=C(C)C)c2cccc(/C=C/C(=O)O)c2)n2ccc(C(F)(F)F)n2)c1. The highest BCUT2D eigenvalue weighted by atomic mass is 19.4. The lowest BCUT2D eigenvalue weighted by Gasteiger charge is -2.14. The summed E-state index contributed by atoms with van der Waals surface area (Å²) in [7, 11) is 1.39. The van der Waals surface area contributed by atoms with Crippen LogP contribution in [0.2, 0.25) is 0 Å². The van der Waals surface area contributed by atoms with Crippen LogP contribution in [0.5, 0.6) is 5.75 Å². The number of nitrogens with zero attached hydrogens (tertiary/aromatic N) is 3. The lowest BCUT2D eigenvalue weighted by molar-refractivity contribution is -0.141. The number of hydrogen-bond donors (Lipinski definition) is 2. The van der Waals surface area contributed by atoms with Crippen LogP contribution in [0.3, 0.4) is 0 Å². The van der Waals surface area contributed by atoms with Gasteiger partial charge in [-0.05, 0) is 56.2 Å². The maximum atomic E-state index is 14.0. The largest absolute Gasteiger partial charge is 0.497 e. The Morgan fingerprint density at radius 2 is 1.87 bits per heavy atom. The highest BCUT2D eigenvalue weighted by Gasteiger charge is 2.34. The van der Waals surface area contributed by atoms with E-state index in [-0.39, 0.29) is 17.4 Å². The Bertz CT molecular complexity index is 1480. The summed E-state index contributed by atoms with van der Waals surface area (Å²) in [6.45, 7) is 5.19. The topological polar surface area (TPSA) is 88.7 Å². The van der Waals surface area contributed by atoms with E-state index in [4.69, 9.17) is 9.84 Å². The molecule has 0 saturated heterocycles. The molecule has 1 heterocycles. The molecule has 7 nitrogen and oxygen atoms in total. The van der Waals surface area contributed by atoms with Crippen LogP contribution in [0.25, 0.3) is 17.5 Å². The number of amidine groups is 1. The van der Waals surface area contributed by atoms with Crippen LogP contribution in [0, 0.1) is 5.82 Å². The van der Waals surface area contributed by atoms with Gasteiger partial charge in [0.15, 0.2) is 11.5 Å². The summed E-state index contributed by atoms with van der Waals surface area (Å²) in [6.07, 6.45) is 0.574. The van der Waals surface area contributed by atoms with Crippen molar-refractivity contribution in [3.8, 4) is 5.75 Å². The zero-order chi connectivity index (χ0) is 28.7. The highest BCUT2D eigenvalue weighted by Crippen LogP contribution is 2.31. The molecule has 0 bridgehead atoms. The van der Waals surface area contributed by atoms with E-state index in [1.807, 2.05) is 13.8 Å². The number of rotatable bonds is 8. The molecule has 0 aliphatic carbocycles. The number of methoxy groups -OCH3 is 1. The second-order valence-electron chi connectivity index (χ2n) is 8.60. The number of aromatic nitrogens is 2. The Balaban J connectivity index is 2.24. The van der Waals surface area contributed by atoms with E-state index in [1.165, 1.54) is 31.4 Å². The molecule has 3 aromatic rings. The van der Waals surface area contributed by atoms with Gasteiger partial charge in [-0.3, -0.25) is 0 Å². The molecule has 0 fully saturated rings. The van der Waals surface area contributed by atoms with E-state index in [9.17, 15) is 22.4 Å². The third-order valence-corrected chi connectivity index (χ3v) is 5.09. The van der Waals surface area contributed by atoms with Crippen molar-refractivity contribution in [3.05, 3.63) is 95.1 Å². The van der Waals surface area contributed by atoms with Crippen LogP contribution in [0.4, 0.5) is 23.2 Å². The minimum Gasteiger partial charge on any atom is -0.497 e. The maximum absolute atomic E-state index is 14.0. The van der Waals surface area contributed by atoms with Crippen molar-refractivity contribution in [2.75, 3.05) is 12.4 Å². The van der Waals surface area contributed by atoms with E-state index in [2.05, 4.69) is 15.4 Å². The molecule has 2 aromatic carbocycles. The number of aliphatic carboxylic acids is 1. The number of allylic oxidation sites excluding steroid dienone is 3. The van der Waals surface area contributed by atoms with Crippen molar-refractivity contribution in [2.24, 2.45) is 4.99 Å². The van der Waals surface area contributed by atoms with Crippen LogP contribution in [0.1, 0.15) is 37.6 Å². The van der Waals surface area contributed by atoms with E-state index < -0.39 is 23.7 Å². The fourth-order valence-corrected chi connectivity index (χ4v) is 3.52. The van der Waals surface area contributed by atoms with Crippen molar-refractivity contribution in [2.45, 2.75) is 26.9 Å². The van der Waals surface area contributed by atoms with Gasteiger partial charge >= 0.3 is 12.1 Å². The van der Waals surface area contributed by atoms with Crippen molar-refractivity contribution >= 4 is 35.0 Å². The summed E-state index contributed by atoms with van der Waals surface area (Å²) in [4.78, 5) is 15.5. The summed E-state index contributed by atoms with van der Waals surface area (Å²) in [6, 6.07) is 11.6. The van der Waals surface area contributed by atoms with Crippen molar-refractivity contribution in [1.29, 1.82) is 0 Å². The van der Waals surface area contributed by atoms with Gasteiger partial charge in [0.2, 0.25) is 0 Å². The minimum atomic E-state index is -4.68. The number of carbonyl (C=O) groups is 1. The average molecular weight is 543 g/mol. The molecule has 39 heavy (non-hydrogen) atoms. The van der Waals surface area contributed by atoms with Gasteiger partial charge in [-0.2, -0.15) is 18.3 Å². The smallest absolute Gasteiger partial charge is 0.435 e. The first-order chi connectivity index (χ1) is 18.3. The molecule has 2 N–H and O–H groups in total. The number of aliphatic imine (C=N–C) groups is 1. The van der Waals surface area contributed by atoms with Gasteiger partial charge in [0.25, 0.3) is 0 Å². The van der Waals surface area contributed by atoms with E-state index in [0.717, 1.165) is 28.6 Å². The lowest BCUT2D eigenvalue weighted by atomic mass is 10.0. The molecule has 0 amide bonds. The first-order valence-electron chi connectivity index (χ1n) is 11.6. The molecular weight excluding hydrogens is 516 g/mol. The molecule has 0 radical (unpaired) electrons. The number of ether oxygens (including phenoxy) is 1. The Labute approximate surface area is 222 Å². The van der Waals surface area contributed by atoms with Gasteiger partial charge in [-0.25, -0.2) is 18.9 Å². The van der Waals surface area contributed by atoms with Crippen LogP contribution in [-0.2, 0) is 11.0 Å². The third kappa shape index (κ3) is 8.16. The Morgan fingerprint density at radius 1 is 1.13 bits per heavy atom. The van der Waals surface area contributed by atoms with Crippen molar-refractivity contribution in [1.82, 2.24) is 9.78 Å². The van der Waals surface area contributed by atoms with Crippen molar-refractivity contribution in [3.63, 3.8) is 0 Å². The minimum absolute atomic E-state index is 0.0411. The van der Waals surface area contributed by atoms with Crippen LogP contribution >= 0.6 is 0 Å². The molecule has 0 saturated carbocycles. The molecular formula is C28H26F4N4O3. The van der Waals surface area contributed by atoms with Gasteiger partial charge in [0, 0.05) is 35.7 Å². The third-order valence-electron chi connectivity index (χ3n) is 5.09. The van der Waals surface area contributed by atoms with Crippen LogP contribution in [0.15, 0.2) is 77.4 Å². The van der Waals surface area contributed by atoms with Gasteiger partial charge in [-0.15, -0.1) is 0 Å². The van der Waals surface area contributed by atoms with Gasteiger partial charge in [0.1, 0.15) is 17.4 Å². The second kappa shape index (κ2) is 12.2. The zero-order valence-corrected chi connectivity index (χ0v) is 21.5. The van der Waals surface area contributed by atoms with E-state index in [1.54, 1.807) is 37.3 Å². The predicted molar refractivity (Wildman–Crippen MR) is 143 cm³/mol. The van der Waals surface area contributed by atoms with Crippen LogP contribution in [-0.4, -0.2) is 33.8 Å². The number of alkyl halides is 3. The van der Waals surface area contributed by atoms with E-state index in [0.29, 0.717) is 22.4 Å². The zero-order valence-electron chi connectivity index (χ0n) is 21.5. The van der Waals surface area contributed by atoms with E-state index >= 15 is 0 Å². The van der Waals surface area contributed by atoms with Crippen molar-refractivity contribution < 1.29 is 32.2 Å². The fourth-order valence-electron chi connectivity index (χ4n) is 3.52. The standard InChI is InChI=1S/C28H26F4N4O3/c1-17(2)12-24(20-7-5-6-19(13-20)8-9-26(37)38)27(36-11-10-25(35-36)28(30,31)32)34-18(3)33-22-14-21(29)15-23(16-22)39-4/h5-16H,1-4H3,(H,33,34)(H,37,38)/b9-8+,27-24-. The monoisotopic (exact) mass is 542 g/mol. The quantitative estimate of drug-likeness (QED) is 0.106. The lowest BCUT2D eigenvalue weighted by Crippen LogP contribution is -2.12. The number of nitrogens with one attached hydrogen (secondary N) is 1. The fraction of sp³-hybridized carbons (Fsp3) is 0.179. The maximum Gasteiger partial charge on any atom is 0.435 e. The van der Waals surface area contributed by atoms with Gasteiger partial charge < -0.3 is 15.2 Å². The Kier molecular flexibility index (Phi) is 9.08. The molecule has 1 aromatic heterocycles. The molecule has 204 valence electrons. The average Bonchev–Trinajstić information content (AvgIpc) is 3.35. The number of carboxylic acid groups (broad SMARTS) is 1. The summed E-state index contributed by atoms with van der Waals surface area (Å²) >= 11 is 0. The summed E-state index contributed by atoms with van der Waals surface area (Å²) in [5.74, 6) is -1.15. The molecule has 11 heteroatoms. The Hall–Kier alpha value is -4.67. The first-order valence-corrected chi connectivity index (χ1v) is 11.6. The Morgan fingerprint density at radius 3 is 2.49 bits per heavy atom. The highest BCUT2D eigenvalue weighted by molar-refractivity contribution is 6.00. The number of hydrogen-bond acceptors (Lipinski definition) is 4. The normalized spacial score (nSPS) is 12.8. The summed E-state index contributed by atoms with van der Waals surface area (Å²) in [5.41, 5.74) is 1.53. The predicted octanol–water partition coefficient (Wildman–Crippen LogP) is 6.97. The van der Waals surface area contributed by atoms with Gasteiger partial charge in [-0.1, -0.05) is 29.8 Å². The number of carboxylic acids is 1. The van der Waals surface area contributed by atoms with Crippen LogP contribution < -0.4 is 10.1 Å². The molecule has 0 aliphatic rings. The molecule has 0 unspecified atom stereocenters.